The van der Waals surface area contributed by atoms with Crippen molar-refractivity contribution in [2.75, 3.05) is 0 Å². The zero-order valence-electron chi connectivity index (χ0n) is 12.8. The van der Waals surface area contributed by atoms with Crippen LogP contribution in [0.3, 0.4) is 0 Å². The number of carboxylic acids is 1. The van der Waals surface area contributed by atoms with Crippen LogP contribution in [0.4, 0.5) is 0 Å². The third-order valence-corrected chi connectivity index (χ3v) is 4.60. The standard InChI is InChI=1S/C15H17N3O4S/c1-4-5-6-11(14(21)22)17-12(19)10-7-16-15-18(13(10)20)8(2)9(3)23-15/h4,7,11H,1,5-6H2,2-3H3,(H,17,19)(H,21,22). The van der Waals surface area contributed by atoms with E-state index in [0.717, 1.165) is 10.6 Å². The normalized spacial score (nSPS) is 12.1. The molecular weight excluding hydrogens is 318 g/mol. The summed E-state index contributed by atoms with van der Waals surface area (Å²) in [5.74, 6) is -1.89. The lowest BCUT2D eigenvalue weighted by Crippen LogP contribution is -2.42. The third kappa shape index (κ3) is 3.31. The molecule has 0 aliphatic heterocycles. The summed E-state index contributed by atoms with van der Waals surface area (Å²) in [5.41, 5.74) is 0.0501. The van der Waals surface area contributed by atoms with E-state index in [1.807, 2.05) is 6.92 Å². The molecule has 122 valence electrons. The van der Waals surface area contributed by atoms with Gasteiger partial charge in [-0.2, -0.15) is 0 Å². The van der Waals surface area contributed by atoms with Crippen molar-refractivity contribution in [2.24, 2.45) is 0 Å². The molecule has 2 N–H and O–H groups in total. The second-order valence-electron chi connectivity index (χ2n) is 5.07. The number of hydrogen-bond acceptors (Lipinski definition) is 5. The summed E-state index contributed by atoms with van der Waals surface area (Å²) in [5, 5.41) is 11.5. The Balaban J connectivity index is 2.35. The molecule has 0 aromatic carbocycles. The summed E-state index contributed by atoms with van der Waals surface area (Å²) < 4.78 is 1.37. The summed E-state index contributed by atoms with van der Waals surface area (Å²) in [6.07, 6.45) is 3.41. The van der Waals surface area contributed by atoms with Crippen LogP contribution in [0.2, 0.25) is 0 Å². The lowest BCUT2D eigenvalue weighted by atomic mass is 10.1. The molecule has 2 rings (SSSR count). The van der Waals surface area contributed by atoms with E-state index < -0.39 is 23.5 Å². The summed E-state index contributed by atoms with van der Waals surface area (Å²) in [6, 6.07) is -1.08. The predicted octanol–water partition coefficient (Wildman–Crippen LogP) is 1.52. The molecule has 2 aromatic heterocycles. The summed E-state index contributed by atoms with van der Waals surface area (Å²) >= 11 is 1.36. The van der Waals surface area contributed by atoms with Crippen molar-refractivity contribution in [2.45, 2.75) is 32.7 Å². The largest absolute Gasteiger partial charge is 0.480 e. The van der Waals surface area contributed by atoms with E-state index in [-0.39, 0.29) is 12.0 Å². The van der Waals surface area contributed by atoms with E-state index in [1.165, 1.54) is 21.9 Å². The number of fused-ring (bicyclic) bond motifs is 1. The minimum Gasteiger partial charge on any atom is -0.480 e. The van der Waals surface area contributed by atoms with E-state index in [4.69, 9.17) is 5.11 Å². The van der Waals surface area contributed by atoms with Crippen molar-refractivity contribution in [3.63, 3.8) is 0 Å². The number of carboxylic acid groups (broad SMARTS) is 1. The van der Waals surface area contributed by atoms with Crippen LogP contribution in [-0.2, 0) is 4.79 Å². The summed E-state index contributed by atoms with van der Waals surface area (Å²) in [6.45, 7) is 7.16. The SMILES string of the molecule is C=CCCC(NC(=O)c1cnc2sc(C)c(C)n2c1=O)C(=O)O. The van der Waals surface area contributed by atoms with Crippen molar-refractivity contribution in [1.82, 2.24) is 14.7 Å². The topological polar surface area (TPSA) is 101 Å². The number of amides is 1. The Bertz CT molecular complexity index is 837. The monoisotopic (exact) mass is 335 g/mol. The van der Waals surface area contributed by atoms with Crippen molar-refractivity contribution < 1.29 is 14.7 Å². The first-order valence-corrected chi connectivity index (χ1v) is 7.80. The molecule has 1 atom stereocenters. The highest BCUT2D eigenvalue weighted by Crippen LogP contribution is 2.18. The van der Waals surface area contributed by atoms with Gasteiger partial charge in [0, 0.05) is 16.8 Å². The molecule has 2 heterocycles. The maximum absolute atomic E-state index is 12.5. The van der Waals surface area contributed by atoms with Crippen LogP contribution in [0, 0.1) is 13.8 Å². The van der Waals surface area contributed by atoms with E-state index in [9.17, 15) is 14.4 Å². The minimum absolute atomic E-state index is 0.173. The van der Waals surface area contributed by atoms with Crippen LogP contribution in [0.25, 0.3) is 4.96 Å². The average molecular weight is 335 g/mol. The number of hydrogen-bond donors (Lipinski definition) is 2. The van der Waals surface area contributed by atoms with Crippen LogP contribution in [-0.4, -0.2) is 32.4 Å². The first-order valence-electron chi connectivity index (χ1n) is 6.99. The first kappa shape index (κ1) is 16.9. The molecule has 0 radical (unpaired) electrons. The highest BCUT2D eigenvalue weighted by molar-refractivity contribution is 7.17. The van der Waals surface area contributed by atoms with Gasteiger partial charge in [0.15, 0.2) is 4.96 Å². The number of rotatable bonds is 6. The van der Waals surface area contributed by atoms with Gasteiger partial charge in [0.05, 0.1) is 0 Å². The van der Waals surface area contributed by atoms with Crippen LogP contribution in [0.1, 0.15) is 33.8 Å². The number of nitrogens with one attached hydrogen (secondary N) is 1. The van der Waals surface area contributed by atoms with Gasteiger partial charge < -0.3 is 10.4 Å². The van der Waals surface area contributed by atoms with Crippen LogP contribution in [0.15, 0.2) is 23.6 Å². The van der Waals surface area contributed by atoms with Crippen molar-refractivity contribution in [3.05, 3.63) is 45.3 Å². The number of carbonyl (C=O) groups is 2. The van der Waals surface area contributed by atoms with Crippen molar-refractivity contribution in [3.8, 4) is 0 Å². The van der Waals surface area contributed by atoms with Gasteiger partial charge in [0.2, 0.25) is 0 Å². The fraction of sp³-hybridized carbons (Fsp3) is 0.333. The Morgan fingerprint density at radius 1 is 1.52 bits per heavy atom. The van der Waals surface area contributed by atoms with Crippen molar-refractivity contribution in [1.29, 1.82) is 0 Å². The van der Waals surface area contributed by atoms with E-state index in [2.05, 4.69) is 16.9 Å². The summed E-state index contributed by atoms with van der Waals surface area (Å²) in [7, 11) is 0. The fourth-order valence-electron chi connectivity index (χ4n) is 2.11. The van der Waals surface area contributed by atoms with Gasteiger partial charge in [-0.25, -0.2) is 9.78 Å². The van der Waals surface area contributed by atoms with E-state index in [0.29, 0.717) is 11.4 Å². The lowest BCUT2D eigenvalue weighted by molar-refractivity contribution is -0.139. The van der Waals surface area contributed by atoms with Gasteiger partial charge in [0.1, 0.15) is 11.6 Å². The van der Waals surface area contributed by atoms with Gasteiger partial charge in [-0.15, -0.1) is 17.9 Å². The molecule has 0 saturated carbocycles. The molecule has 1 amide bonds. The van der Waals surface area contributed by atoms with Gasteiger partial charge in [-0.1, -0.05) is 6.08 Å². The first-order chi connectivity index (χ1) is 10.9. The molecule has 0 fully saturated rings. The molecule has 0 saturated heterocycles. The Hall–Kier alpha value is -2.48. The highest BCUT2D eigenvalue weighted by atomic mass is 32.1. The molecule has 0 aliphatic carbocycles. The van der Waals surface area contributed by atoms with Crippen molar-refractivity contribution >= 4 is 28.2 Å². The quantitative estimate of drug-likeness (QED) is 0.780. The second-order valence-corrected chi connectivity index (χ2v) is 6.25. The Labute approximate surface area is 136 Å². The zero-order valence-corrected chi connectivity index (χ0v) is 13.6. The number of allylic oxidation sites excluding steroid dienone is 1. The predicted molar refractivity (Wildman–Crippen MR) is 87.1 cm³/mol. The maximum atomic E-state index is 12.5. The summed E-state index contributed by atoms with van der Waals surface area (Å²) in [4.78, 5) is 41.5. The highest BCUT2D eigenvalue weighted by Gasteiger charge is 2.23. The number of carbonyl (C=O) groups excluding carboxylic acids is 1. The Morgan fingerprint density at radius 3 is 2.83 bits per heavy atom. The average Bonchev–Trinajstić information content (AvgIpc) is 2.79. The molecule has 7 nitrogen and oxygen atoms in total. The van der Waals surface area contributed by atoms with Crippen LogP contribution < -0.4 is 10.9 Å². The molecule has 23 heavy (non-hydrogen) atoms. The molecule has 8 heteroatoms. The number of nitrogens with zero attached hydrogens (tertiary/aromatic N) is 2. The van der Waals surface area contributed by atoms with Crippen LogP contribution >= 0.6 is 11.3 Å². The Morgan fingerprint density at radius 2 is 2.22 bits per heavy atom. The maximum Gasteiger partial charge on any atom is 0.326 e. The zero-order chi connectivity index (χ0) is 17.1. The van der Waals surface area contributed by atoms with E-state index in [1.54, 1.807) is 13.0 Å². The molecule has 0 spiro atoms. The number of aromatic nitrogens is 2. The van der Waals surface area contributed by atoms with E-state index >= 15 is 0 Å². The number of thiazole rings is 1. The van der Waals surface area contributed by atoms with Gasteiger partial charge in [0.25, 0.3) is 11.5 Å². The molecule has 0 aliphatic rings. The van der Waals surface area contributed by atoms with Gasteiger partial charge in [-0.05, 0) is 26.7 Å². The molecule has 2 aromatic rings. The van der Waals surface area contributed by atoms with Gasteiger partial charge >= 0.3 is 5.97 Å². The lowest BCUT2D eigenvalue weighted by Gasteiger charge is -2.13. The van der Waals surface area contributed by atoms with Crippen LogP contribution in [0.5, 0.6) is 0 Å². The third-order valence-electron chi connectivity index (χ3n) is 3.53. The fourth-order valence-corrected chi connectivity index (χ4v) is 3.04. The van der Waals surface area contributed by atoms with Gasteiger partial charge in [-0.3, -0.25) is 14.0 Å². The smallest absolute Gasteiger partial charge is 0.326 e. The molecule has 1 unspecified atom stereocenters. The molecular formula is C15H17N3O4S. The minimum atomic E-state index is -1.16. The molecule has 0 bridgehead atoms. The number of aliphatic carboxylic acids is 1. The number of aryl methyl sites for hydroxylation is 2. The second kappa shape index (κ2) is 6.74. The Kier molecular flexibility index (Phi) is 4.95.